The van der Waals surface area contributed by atoms with Crippen molar-refractivity contribution in [2.24, 2.45) is 4.99 Å². The minimum atomic E-state index is -0.266. The maximum absolute atomic E-state index is 15.5. The maximum atomic E-state index is 15.5. The van der Waals surface area contributed by atoms with Gasteiger partial charge in [0.1, 0.15) is 5.82 Å². The lowest BCUT2D eigenvalue weighted by Crippen LogP contribution is -2.13. The smallest absolute Gasteiger partial charge is 0.133 e. The topological polar surface area (TPSA) is 31.7 Å². The Hall–Kier alpha value is -3.73. The molecule has 0 aliphatic heterocycles. The number of aliphatic imine (C=N–C) groups is 1. The molecular formula is C33H43FN4. The highest BCUT2D eigenvalue weighted by atomic mass is 19.1. The van der Waals surface area contributed by atoms with Crippen molar-refractivity contribution in [3.8, 4) is 0 Å². The summed E-state index contributed by atoms with van der Waals surface area (Å²) in [7, 11) is 5.86. The summed E-state index contributed by atoms with van der Waals surface area (Å²) in [4.78, 5) is 12.7. The van der Waals surface area contributed by atoms with Crippen molar-refractivity contribution in [1.82, 2.24) is 9.88 Å². The second-order valence-electron chi connectivity index (χ2n) is 9.66. The number of pyridine rings is 1. The third-order valence-electron chi connectivity index (χ3n) is 6.12. The summed E-state index contributed by atoms with van der Waals surface area (Å²) < 4.78 is 15.5. The number of hydrogen-bond acceptors (Lipinski definition) is 4. The Morgan fingerprint density at radius 3 is 2.50 bits per heavy atom. The predicted molar refractivity (Wildman–Crippen MR) is 163 cm³/mol. The second-order valence-corrected chi connectivity index (χ2v) is 9.66. The van der Waals surface area contributed by atoms with Crippen LogP contribution in [-0.4, -0.2) is 37.7 Å². The van der Waals surface area contributed by atoms with Crippen LogP contribution in [0.25, 0.3) is 5.57 Å². The van der Waals surface area contributed by atoms with E-state index in [1.807, 2.05) is 68.5 Å². The van der Waals surface area contributed by atoms with Crippen molar-refractivity contribution in [1.29, 1.82) is 0 Å². The average Bonchev–Trinajstić information content (AvgIpc) is 2.87. The molecule has 0 unspecified atom stereocenters. The van der Waals surface area contributed by atoms with Crippen LogP contribution in [0.2, 0.25) is 0 Å². The SMILES string of the molecule is C=CCC/C(C)=C/N(C)/C=C(C(=C/CCc1ccnc(C)c1)/N=C)\C(=C/CC)c1c(F)cccc1N(C)C. The normalized spacial score (nSPS) is 12.9. The minimum Gasteiger partial charge on any atom is -0.377 e. The fraction of sp³-hybridized carbons (Fsp3) is 0.333. The number of anilines is 1. The van der Waals surface area contributed by atoms with Crippen LogP contribution in [0.15, 0.2) is 95.6 Å². The van der Waals surface area contributed by atoms with E-state index in [9.17, 15) is 0 Å². The highest BCUT2D eigenvalue weighted by Crippen LogP contribution is 2.37. The molecule has 2 aromatic rings. The van der Waals surface area contributed by atoms with E-state index >= 15 is 4.39 Å². The van der Waals surface area contributed by atoms with E-state index in [2.05, 4.69) is 61.5 Å². The van der Waals surface area contributed by atoms with Crippen LogP contribution >= 0.6 is 0 Å². The van der Waals surface area contributed by atoms with E-state index in [0.717, 1.165) is 60.3 Å². The largest absolute Gasteiger partial charge is 0.377 e. The molecule has 1 aromatic heterocycles. The van der Waals surface area contributed by atoms with Crippen LogP contribution in [0.5, 0.6) is 0 Å². The van der Waals surface area contributed by atoms with Gasteiger partial charge in [-0.25, -0.2) is 4.39 Å². The average molecular weight is 515 g/mol. The lowest BCUT2D eigenvalue weighted by molar-refractivity contribution is 0.609. The third-order valence-corrected chi connectivity index (χ3v) is 6.12. The van der Waals surface area contributed by atoms with Gasteiger partial charge in [-0.05, 0) is 88.1 Å². The zero-order valence-corrected chi connectivity index (χ0v) is 24.0. The van der Waals surface area contributed by atoms with E-state index < -0.39 is 0 Å². The zero-order valence-electron chi connectivity index (χ0n) is 24.0. The van der Waals surface area contributed by atoms with Gasteiger partial charge >= 0.3 is 0 Å². The van der Waals surface area contributed by atoms with Crippen molar-refractivity contribution >= 4 is 18.0 Å². The summed E-state index contributed by atoms with van der Waals surface area (Å²) in [6.45, 7) is 13.9. The molecule has 0 spiro atoms. The zero-order chi connectivity index (χ0) is 28.1. The standard InChI is InChI=1S/C33H43FN4/c1-9-11-15-25(3)23-38(8)24-29(31(35-5)18-12-16-27-20-21-36-26(4)22-27)28(14-10-2)33-30(34)17-13-19-32(33)37(6)7/h9,13-14,17-24H,1,5,10-12,15-16H2,2-4,6-8H3/b25-23+,28-14+,29-24+,31-18-. The molecule has 38 heavy (non-hydrogen) atoms. The van der Waals surface area contributed by atoms with Crippen molar-refractivity contribution in [2.45, 2.75) is 52.9 Å². The highest BCUT2D eigenvalue weighted by molar-refractivity contribution is 5.89. The lowest BCUT2D eigenvalue weighted by atomic mass is 9.92. The van der Waals surface area contributed by atoms with Crippen LogP contribution in [0.3, 0.4) is 0 Å². The first-order valence-corrected chi connectivity index (χ1v) is 13.2. The summed E-state index contributed by atoms with van der Waals surface area (Å²) >= 11 is 0. The van der Waals surface area contributed by atoms with Crippen LogP contribution in [-0.2, 0) is 6.42 Å². The summed E-state index contributed by atoms with van der Waals surface area (Å²) in [5, 5.41) is 0. The molecule has 0 saturated heterocycles. The fourth-order valence-corrected chi connectivity index (χ4v) is 4.35. The van der Waals surface area contributed by atoms with Crippen molar-refractivity contribution in [3.05, 3.63) is 113 Å². The van der Waals surface area contributed by atoms with Gasteiger partial charge in [-0.15, -0.1) is 6.58 Å². The Morgan fingerprint density at radius 1 is 1.11 bits per heavy atom. The van der Waals surface area contributed by atoms with E-state index in [-0.39, 0.29) is 5.82 Å². The molecule has 1 heterocycles. The number of aromatic nitrogens is 1. The molecule has 0 aliphatic rings. The summed E-state index contributed by atoms with van der Waals surface area (Å²) in [6.07, 6.45) is 16.3. The van der Waals surface area contributed by atoms with Gasteiger partial charge in [0.25, 0.3) is 0 Å². The third kappa shape index (κ3) is 8.98. The van der Waals surface area contributed by atoms with Gasteiger partial charge in [0.05, 0.1) is 5.70 Å². The van der Waals surface area contributed by atoms with Gasteiger partial charge in [-0.1, -0.05) is 36.8 Å². The predicted octanol–water partition coefficient (Wildman–Crippen LogP) is 8.29. The lowest BCUT2D eigenvalue weighted by Gasteiger charge is -2.23. The summed E-state index contributed by atoms with van der Waals surface area (Å²) in [6, 6.07) is 9.34. The Kier molecular flexibility index (Phi) is 12.4. The second kappa shape index (κ2) is 15.5. The first-order chi connectivity index (χ1) is 18.2. The number of allylic oxidation sites excluding steroid dienone is 5. The molecule has 0 amide bonds. The van der Waals surface area contributed by atoms with E-state index in [4.69, 9.17) is 0 Å². The summed E-state index contributed by atoms with van der Waals surface area (Å²) in [5.41, 5.74) is 7.18. The fourth-order valence-electron chi connectivity index (χ4n) is 4.35. The molecule has 2 rings (SSSR count). The Bertz CT molecular complexity index is 1220. The van der Waals surface area contributed by atoms with Crippen molar-refractivity contribution < 1.29 is 4.39 Å². The summed E-state index contributed by atoms with van der Waals surface area (Å²) in [5.74, 6) is -0.266. The van der Waals surface area contributed by atoms with E-state index in [1.165, 1.54) is 17.2 Å². The van der Waals surface area contributed by atoms with Crippen LogP contribution in [0, 0.1) is 12.7 Å². The number of aryl methyl sites for hydroxylation is 2. The number of rotatable bonds is 14. The first-order valence-electron chi connectivity index (χ1n) is 13.2. The molecule has 4 nitrogen and oxygen atoms in total. The molecular weight excluding hydrogens is 471 g/mol. The first kappa shape index (κ1) is 30.5. The molecule has 5 heteroatoms. The van der Waals surface area contributed by atoms with Crippen molar-refractivity contribution in [2.75, 3.05) is 26.0 Å². The van der Waals surface area contributed by atoms with E-state index in [1.54, 1.807) is 6.07 Å². The Balaban J connectivity index is 2.65. The molecule has 0 bridgehead atoms. The van der Waals surface area contributed by atoms with E-state index in [0.29, 0.717) is 5.56 Å². The van der Waals surface area contributed by atoms with Crippen LogP contribution in [0.4, 0.5) is 10.1 Å². The highest BCUT2D eigenvalue weighted by Gasteiger charge is 2.20. The number of hydrogen-bond donors (Lipinski definition) is 0. The number of benzene rings is 1. The van der Waals surface area contributed by atoms with Gasteiger partial charge in [0.15, 0.2) is 0 Å². The molecule has 0 N–H and O–H groups in total. The molecule has 0 saturated carbocycles. The molecule has 1 aromatic carbocycles. The monoisotopic (exact) mass is 514 g/mol. The van der Waals surface area contributed by atoms with Gasteiger partial charge < -0.3 is 9.80 Å². The molecule has 0 aliphatic carbocycles. The van der Waals surface area contributed by atoms with Crippen molar-refractivity contribution in [3.63, 3.8) is 0 Å². The van der Waals surface area contributed by atoms with Gasteiger partial charge in [-0.3, -0.25) is 9.98 Å². The molecule has 0 fully saturated rings. The maximum Gasteiger partial charge on any atom is 0.133 e. The quantitative estimate of drug-likeness (QED) is 0.144. The number of halogens is 1. The minimum absolute atomic E-state index is 0.266. The van der Waals surface area contributed by atoms with Gasteiger partial charge in [-0.2, -0.15) is 0 Å². The van der Waals surface area contributed by atoms with Crippen LogP contribution in [0.1, 0.15) is 56.4 Å². The Morgan fingerprint density at radius 2 is 1.87 bits per heavy atom. The molecule has 202 valence electrons. The van der Waals surface area contributed by atoms with Gasteiger partial charge in [0.2, 0.25) is 0 Å². The number of nitrogens with zero attached hydrogens (tertiary/aromatic N) is 4. The van der Waals surface area contributed by atoms with Crippen LogP contribution < -0.4 is 4.90 Å². The molecule has 0 radical (unpaired) electrons. The molecule has 0 atom stereocenters. The Labute approximate surface area is 229 Å². The van der Waals surface area contributed by atoms with Gasteiger partial charge in [0, 0.05) is 62.3 Å².